The van der Waals surface area contributed by atoms with E-state index >= 15 is 0 Å². The summed E-state index contributed by atoms with van der Waals surface area (Å²) in [5.74, 6) is 0.0500. The molecule has 2 aromatic rings. The van der Waals surface area contributed by atoms with Crippen LogP contribution in [-0.4, -0.2) is 41.6 Å². The number of aromatic nitrogens is 1. The first-order chi connectivity index (χ1) is 10.0. The Morgan fingerprint density at radius 2 is 2.29 bits per heavy atom. The van der Waals surface area contributed by atoms with Crippen molar-refractivity contribution in [3.8, 4) is 0 Å². The molecule has 1 amide bonds. The number of piperidine rings is 1. The Morgan fingerprint density at radius 1 is 1.48 bits per heavy atom. The van der Waals surface area contributed by atoms with Crippen LogP contribution in [0.5, 0.6) is 0 Å². The number of likely N-dealkylation sites (tertiary alicyclic amines) is 1. The molecule has 3 N–H and O–H groups in total. The standard InChI is InChI=1S/C16H21N3O2/c1-16(21-2)6-3-7-19(10-16)15(20)13-9-18-14-8-11(17)4-5-12(13)14/h4-5,8-9,18H,3,6-7,10,17H2,1-2H3. The van der Waals surface area contributed by atoms with E-state index in [0.717, 1.165) is 30.3 Å². The minimum absolute atomic E-state index is 0.0500. The largest absolute Gasteiger partial charge is 0.399 e. The molecule has 2 heterocycles. The molecule has 21 heavy (non-hydrogen) atoms. The number of carbonyl (C=O) groups excluding carboxylic acids is 1. The van der Waals surface area contributed by atoms with Gasteiger partial charge in [0.05, 0.1) is 11.2 Å². The third-order valence-electron chi connectivity index (χ3n) is 4.38. The van der Waals surface area contributed by atoms with Crippen molar-refractivity contribution in [3.05, 3.63) is 30.0 Å². The van der Waals surface area contributed by atoms with Crippen molar-refractivity contribution >= 4 is 22.5 Å². The van der Waals surface area contributed by atoms with Gasteiger partial charge in [-0.2, -0.15) is 0 Å². The van der Waals surface area contributed by atoms with Crippen LogP contribution in [0.25, 0.3) is 10.9 Å². The fraction of sp³-hybridized carbons (Fsp3) is 0.438. The quantitative estimate of drug-likeness (QED) is 0.833. The first-order valence-electron chi connectivity index (χ1n) is 7.23. The highest BCUT2D eigenvalue weighted by atomic mass is 16.5. The number of benzene rings is 1. The normalized spacial score (nSPS) is 22.7. The first-order valence-corrected chi connectivity index (χ1v) is 7.23. The van der Waals surface area contributed by atoms with Gasteiger partial charge < -0.3 is 20.4 Å². The molecule has 1 atom stereocenters. The number of ether oxygens (including phenoxy) is 1. The average molecular weight is 287 g/mol. The maximum atomic E-state index is 12.8. The molecule has 1 saturated heterocycles. The minimum Gasteiger partial charge on any atom is -0.399 e. The van der Waals surface area contributed by atoms with Gasteiger partial charge in [0.15, 0.2) is 0 Å². The molecule has 5 nitrogen and oxygen atoms in total. The number of nitrogen functional groups attached to an aromatic ring is 1. The second-order valence-corrected chi connectivity index (χ2v) is 5.99. The summed E-state index contributed by atoms with van der Waals surface area (Å²) in [5.41, 5.74) is 7.81. The van der Waals surface area contributed by atoms with Gasteiger partial charge in [-0.3, -0.25) is 4.79 Å². The number of anilines is 1. The topological polar surface area (TPSA) is 71.3 Å². The molecule has 112 valence electrons. The van der Waals surface area contributed by atoms with E-state index in [0.29, 0.717) is 17.8 Å². The monoisotopic (exact) mass is 287 g/mol. The van der Waals surface area contributed by atoms with Crippen LogP contribution in [0.1, 0.15) is 30.1 Å². The third-order valence-corrected chi connectivity index (χ3v) is 4.38. The summed E-state index contributed by atoms with van der Waals surface area (Å²) in [5, 5.41) is 0.916. The van der Waals surface area contributed by atoms with Crippen molar-refractivity contribution < 1.29 is 9.53 Å². The van der Waals surface area contributed by atoms with Gasteiger partial charge >= 0.3 is 0 Å². The van der Waals surface area contributed by atoms with E-state index in [1.165, 1.54) is 0 Å². The molecule has 1 unspecified atom stereocenters. The molecule has 1 aromatic heterocycles. The summed E-state index contributed by atoms with van der Waals surface area (Å²) in [4.78, 5) is 17.8. The lowest BCUT2D eigenvalue weighted by molar-refractivity contribution is -0.0439. The van der Waals surface area contributed by atoms with Gasteiger partial charge in [0, 0.05) is 43.0 Å². The maximum Gasteiger partial charge on any atom is 0.256 e. The van der Waals surface area contributed by atoms with Gasteiger partial charge in [0.2, 0.25) is 0 Å². The third kappa shape index (κ3) is 2.49. The Hall–Kier alpha value is -2.01. The number of H-pyrrole nitrogens is 1. The average Bonchev–Trinajstić information content (AvgIpc) is 2.89. The molecule has 5 heteroatoms. The van der Waals surface area contributed by atoms with Crippen molar-refractivity contribution in [2.75, 3.05) is 25.9 Å². The van der Waals surface area contributed by atoms with Crippen molar-refractivity contribution in [1.82, 2.24) is 9.88 Å². The lowest BCUT2D eigenvalue weighted by Crippen LogP contribution is -2.49. The summed E-state index contributed by atoms with van der Waals surface area (Å²) in [7, 11) is 1.71. The maximum absolute atomic E-state index is 12.8. The van der Waals surface area contributed by atoms with E-state index in [1.54, 1.807) is 13.3 Å². The fourth-order valence-corrected chi connectivity index (χ4v) is 3.04. The SMILES string of the molecule is COC1(C)CCCN(C(=O)c2c[nH]c3cc(N)ccc23)C1. The molecule has 0 aliphatic carbocycles. The molecule has 0 spiro atoms. The summed E-state index contributed by atoms with van der Waals surface area (Å²) in [6.07, 6.45) is 3.72. The molecular formula is C16H21N3O2. The lowest BCUT2D eigenvalue weighted by Gasteiger charge is -2.39. The predicted molar refractivity (Wildman–Crippen MR) is 83.3 cm³/mol. The second kappa shape index (κ2) is 5.07. The van der Waals surface area contributed by atoms with Crippen LogP contribution in [0, 0.1) is 0 Å². The number of hydrogen-bond acceptors (Lipinski definition) is 3. The number of aromatic amines is 1. The highest BCUT2D eigenvalue weighted by Gasteiger charge is 2.33. The number of nitrogens with one attached hydrogen (secondary N) is 1. The molecule has 0 bridgehead atoms. The summed E-state index contributed by atoms with van der Waals surface area (Å²) in [6, 6.07) is 5.57. The van der Waals surface area contributed by atoms with E-state index in [2.05, 4.69) is 11.9 Å². The van der Waals surface area contributed by atoms with Crippen molar-refractivity contribution in [2.45, 2.75) is 25.4 Å². The van der Waals surface area contributed by atoms with Gasteiger partial charge in [-0.15, -0.1) is 0 Å². The number of carbonyl (C=O) groups is 1. The minimum atomic E-state index is -0.246. The predicted octanol–water partition coefficient (Wildman–Crippen LogP) is 2.39. The Morgan fingerprint density at radius 3 is 3.05 bits per heavy atom. The van der Waals surface area contributed by atoms with Gasteiger partial charge in [0.25, 0.3) is 5.91 Å². The number of methoxy groups -OCH3 is 1. The number of nitrogens with zero attached hydrogens (tertiary/aromatic N) is 1. The van der Waals surface area contributed by atoms with E-state index in [1.807, 2.05) is 23.1 Å². The number of amides is 1. The molecule has 0 saturated carbocycles. The Kier molecular flexibility index (Phi) is 3.37. The summed E-state index contributed by atoms with van der Waals surface area (Å²) < 4.78 is 5.56. The fourth-order valence-electron chi connectivity index (χ4n) is 3.04. The van der Waals surface area contributed by atoms with Crippen molar-refractivity contribution in [2.24, 2.45) is 0 Å². The number of rotatable bonds is 2. The molecule has 1 aliphatic heterocycles. The molecule has 1 fully saturated rings. The first kappa shape index (κ1) is 13.9. The summed E-state index contributed by atoms with van der Waals surface area (Å²) >= 11 is 0. The Bertz CT molecular complexity index is 679. The highest BCUT2D eigenvalue weighted by molar-refractivity contribution is 6.07. The van der Waals surface area contributed by atoms with Gasteiger partial charge in [-0.1, -0.05) is 0 Å². The molecular weight excluding hydrogens is 266 g/mol. The Balaban J connectivity index is 1.90. The molecule has 0 radical (unpaired) electrons. The second-order valence-electron chi connectivity index (χ2n) is 5.99. The van der Waals surface area contributed by atoms with E-state index in [4.69, 9.17) is 10.5 Å². The van der Waals surface area contributed by atoms with Gasteiger partial charge in [-0.25, -0.2) is 0 Å². The zero-order valence-corrected chi connectivity index (χ0v) is 12.5. The highest BCUT2D eigenvalue weighted by Crippen LogP contribution is 2.27. The number of nitrogens with two attached hydrogens (primary N) is 1. The molecule has 3 rings (SSSR count). The van der Waals surface area contributed by atoms with Crippen LogP contribution >= 0.6 is 0 Å². The van der Waals surface area contributed by atoms with Crippen LogP contribution in [0.4, 0.5) is 5.69 Å². The van der Waals surface area contributed by atoms with E-state index in [9.17, 15) is 4.79 Å². The Labute approximate surface area is 124 Å². The van der Waals surface area contributed by atoms with Crippen LogP contribution in [0.2, 0.25) is 0 Å². The van der Waals surface area contributed by atoms with Gasteiger partial charge in [-0.05, 0) is 38.0 Å². The van der Waals surface area contributed by atoms with E-state index in [-0.39, 0.29) is 11.5 Å². The van der Waals surface area contributed by atoms with Crippen LogP contribution < -0.4 is 5.73 Å². The molecule has 1 aliphatic rings. The van der Waals surface area contributed by atoms with Crippen molar-refractivity contribution in [1.29, 1.82) is 0 Å². The zero-order chi connectivity index (χ0) is 15.0. The van der Waals surface area contributed by atoms with Gasteiger partial charge in [0.1, 0.15) is 0 Å². The molecule has 1 aromatic carbocycles. The smallest absolute Gasteiger partial charge is 0.256 e. The van der Waals surface area contributed by atoms with Crippen molar-refractivity contribution in [3.63, 3.8) is 0 Å². The number of hydrogen-bond donors (Lipinski definition) is 2. The number of fused-ring (bicyclic) bond motifs is 1. The van der Waals surface area contributed by atoms with Crippen LogP contribution in [0.15, 0.2) is 24.4 Å². The zero-order valence-electron chi connectivity index (χ0n) is 12.5. The lowest BCUT2D eigenvalue weighted by atomic mass is 9.94. The van der Waals surface area contributed by atoms with Crippen LogP contribution in [-0.2, 0) is 4.74 Å². The van der Waals surface area contributed by atoms with Crippen LogP contribution in [0.3, 0.4) is 0 Å². The van der Waals surface area contributed by atoms with E-state index < -0.39 is 0 Å². The summed E-state index contributed by atoms with van der Waals surface area (Å²) in [6.45, 7) is 3.46.